The summed E-state index contributed by atoms with van der Waals surface area (Å²) in [5.41, 5.74) is 5.71. The van der Waals surface area contributed by atoms with Gasteiger partial charge in [0.1, 0.15) is 0 Å². The van der Waals surface area contributed by atoms with Gasteiger partial charge in [-0.25, -0.2) is 4.98 Å². The van der Waals surface area contributed by atoms with E-state index in [2.05, 4.69) is 22.1 Å². The molecule has 2 heterocycles. The average Bonchev–Trinajstić information content (AvgIpc) is 3.30. The van der Waals surface area contributed by atoms with Crippen LogP contribution in [0.15, 0.2) is 42.7 Å². The van der Waals surface area contributed by atoms with Gasteiger partial charge in [-0.2, -0.15) is 5.26 Å². The monoisotopic (exact) mass is 378 g/mol. The minimum absolute atomic E-state index is 0. The Labute approximate surface area is 163 Å². The van der Waals surface area contributed by atoms with Crippen LogP contribution in [0.4, 0.5) is 0 Å². The lowest BCUT2D eigenvalue weighted by Crippen LogP contribution is -2.46. The molecule has 0 spiro atoms. The van der Waals surface area contributed by atoms with Crippen molar-refractivity contribution >= 4 is 29.3 Å². The summed E-state index contributed by atoms with van der Waals surface area (Å²) in [5.74, 6) is 0.427. The van der Waals surface area contributed by atoms with Crippen LogP contribution in [0, 0.1) is 11.3 Å². The van der Waals surface area contributed by atoms with E-state index < -0.39 is 0 Å². The summed E-state index contributed by atoms with van der Waals surface area (Å²) in [5, 5.41) is 9.20. The number of imidazole rings is 1. The predicted octanol–water partition coefficient (Wildman–Crippen LogP) is 3.80. The zero-order chi connectivity index (χ0) is 17.7. The number of nitrogens with zero attached hydrogens (tertiary/aromatic N) is 3. The average molecular weight is 379 g/mol. The van der Waals surface area contributed by atoms with E-state index in [1.165, 1.54) is 11.1 Å². The molecule has 27 heavy (non-hydrogen) atoms. The second-order valence-electron chi connectivity index (χ2n) is 7.18. The van der Waals surface area contributed by atoms with Gasteiger partial charge < -0.3 is 9.88 Å². The Balaban J connectivity index is 0.00000180. The fraction of sp³-hybridized carbons (Fsp3) is 0.286. The minimum Gasteiger partial charge on any atom is -0.345 e. The number of fused-ring (bicyclic) bond motifs is 4. The lowest BCUT2D eigenvalue weighted by Gasteiger charge is -2.38. The summed E-state index contributed by atoms with van der Waals surface area (Å²) in [4.78, 5) is 22.6. The van der Waals surface area contributed by atoms with Gasteiger partial charge in [0.25, 0.3) is 5.91 Å². The lowest BCUT2D eigenvalue weighted by atomic mass is 9.88. The molecular weight excluding hydrogens is 360 g/mol. The number of piperidine rings is 1. The molecule has 1 aliphatic carbocycles. The molecule has 0 bridgehead atoms. The zero-order valence-corrected chi connectivity index (χ0v) is 15.5. The van der Waals surface area contributed by atoms with Gasteiger partial charge in [0.15, 0.2) is 0 Å². The van der Waals surface area contributed by atoms with Gasteiger partial charge >= 0.3 is 0 Å². The van der Waals surface area contributed by atoms with Crippen molar-refractivity contribution in [2.75, 3.05) is 6.54 Å². The molecule has 0 radical (unpaired) electrons. The van der Waals surface area contributed by atoms with E-state index in [0.717, 1.165) is 36.8 Å². The molecule has 6 heteroatoms. The standard InChI is InChI=1S/C21H18N4O.ClH/c22-11-13-3-4-14-10-20-16(17(14)8-13)2-1-7-25(20)21(26)15-5-6-18-19(9-15)24-12-23-18;/h3-6,8-9,12,16,20H,1-2,7,10H2,(H,23,24);1H/t16-,20+;/m1./s1. The van der Waals surface area contributed by atoms with Crippen LogP contribution in [-0.4, -0.2) is 33.4 Å². The summed E-state index contributed by atoms with van der Waals surface area (Å²) in [6, 6.07) is 14.0. The summed E-state index contributed by atoms with van der Waals surface area (Å²) < 4.78 is 0. The molecule has 2 aliphatic rings. The van der Waals surface area contributed by atoms with Crippen molar-refractivity contribution < 1.29 is 4.79 Å². The SMILES string of the molecule is Cl.N#Cc1ccc2c(c1)[C@H]1CCCN(C(=O)c3ccc4nc[nH]c4c3)[C@H]1C2. The Morgan fingerprint density at radius 1 is 1.26 bits per heavy atom. The molecule has 2 aromatic carbocycles. The minimum atomic E-state index is 0. The maximum Gasteiger partial charge on any atom is 0.254 e. The van der Waals surface area contributed by atoms with Gasteiger partial charge in [-0.3, -0.25) is 4.79 Å². The van der Waals surface area contributed by atoms with Crippen LogP contribution in [0.2, 0.25) is 0 Å². The number of hydrogen-bond donors (Lipinski definition) is 1. The molecule has 1 amide bonds. The normalized spacial score (nSPS) is 20.5. The van der Waals surface area contributed by atoms with Gasteiger partial charge in [0.2, 0.25) is 0 Å². The van der Waals surface area contributed by atoms with E-state index in [4.69, 9.17) is 0 Å². The van der Waals surface area contributed by atoms with E-state index in [0.29, 0.717) is 17.0 Å². The number of nitrogens with one attached hydrogen (secondary N) is 1. The molecule has 2 atom stereocenters. The third-order valence-corrected chi connectivity index (χ3v) is 5.81. The number of halogens is 1. The highest BCUT2D eigenvalue weighted by Gasteiger charge is 2.41. The number of carbonyl (C=O) groups excluding carboxylic acids is 1. The maximum atomic E-state index is 13.2. The summed E-state index contributed by atoms with van der Waals surface area (Å²) >= 11 is 0. The first-order valence-corrected chi connectivity index (χ1v) is 9.01. The number of carbonyl (C=O) groups is 1. The Bertz CT molecular complexity index is 1070. The molecule has 136 valence electrons. The molecule has 5 rings (SSSR count). The topological polar surface area (TPSA) is 72.8 Å². The van der Waals surface area contributed by atoms with Gasteiger partial charge in [-0.05, 0) is 60.7 Å². The van der Waals surface area contributed by atoms with Crippen LogP contribution < -0.4 is 0 Å². The van der Waals surface area contributed by atoms with Crippen molar-refractivity contribution in [1.29, 1.82) is 5.26 Å². The zero-order valence-electron chi connectivity index (χ0n) is 14.7. The fourth-order valence-electron chi connectivity index (χ4n) is 4.58. The quantitative estimate of drug-likeness (QED) is 0.700. The summed E-state index contributed by atoms with van der Waals surface area (Å²) in [7, 11) is 0. The number of aromatic nitrogens is 2. The van der Waals surface area contributed by atoms with E-state index >= 15 is 0 Å². The third-order valence-electron chi connectivity index (χ3n) is 5.81. The molecule has 1 N–H and O–H groups in total. The molecule has 1 aliphatic heterocycles. The van der Waals surface area contributed by atoms with Gasteiger partial charge in [-0.1, -0.05) is 6.07 Å². The van der Waals surface area contributed by atoms with Gasteiger partial charge in [-0.15, -0.1) is 12.4 Å². The van der Waals surface area contributed by atoms with Crippen molar-refractivity contribution in [3.05, 3.63) is 65.0 Å². The van der Waals surface area contributed by atoms with Crippen molar-refractivity contribution in [2.45, 2.75) is 31.2 Å². The Morgan fingerprint density at radius 2 is 2.15 bits per heavy atom. The largest absolute Gasteiger partial charge is 0.345 e. The maximum absolute atomic E-state index is 13.2. The highest BCUT2D eigenvalue weighted by Crippen LogP contribution is 2.42. The number of likely N-dealkylation sites (tertiary alicyclic amines) is 1. The van der Waals surface area contributed by atoms with E-state index in [9.17, 15) is 10.1 Å². The van der Waals surface area contributed by atoms with Crippen LogP contribution in [0.3, 0.4) is 0 Å². The van der Waals surface area contributed by atoms with Crippen molar-refractivity contribution in [2.24, 2.45) is 0 Å². The van der Waals surface area contributed by atoms with Crippen molar-refractivity contribution in [1.82, 2.24) is 14.9 Å². The number of aromatic amines is 1. The molecular formula is C21H19ClN4O. The third kappa shape index (κ3) is 2.77. The molecule has 0 saturated carbocycles. The van der Waals surface area contributed by atoms with Crippen LogP contribution in [0.1, 0.15) is 45.8 Å². The number of benzene rings is 2. The van der Waals surface area contributed by atoms with Gasteiger partial charge in [0.05, 0.1) is 29.0 Å². The first-order valence-electron chi connectivity index (χ1n) is 9.01. The Morgan fingerprint density at radius 3 is 3.00 bits per heavy atom. The molecule has 1 aromatic heterocycles. The number of nitriles is 1. The van der Waals surface area contributed by atoms with Gasteiger partial charge in [0, 0.05) is 24.1 Å². The van der Waals surface area contributed by atoms with Crippen molar-refractivity contribution in [3.63, 3.8) is 0 Å². The number of H-pyrrole nitrogens is 1. The second-order valence-corrected chi connectivity index (χ2v) is 7.18. The van der Waals surface area contributed by atoms with Crippen LogP contribution in [0.25, 0.3) is 11.0 Å². The van der Waals surface area contributed by atoms with Crippen molar-refractivity contribution in [3.8, 4) is 6.07 Å². The highest BCUT2D eigenvalue weighted by atomic mass is 35.5. The molecule has 1 saturated heterocycles. The number of rotatable bonds is 1. The molecule has 0 unspecified atom stereocenters. The summed E-state index contributed by atoms with van der Waals surface area (Å²) in [6.07, 6.45) is 4.60. The molecule has 3 aromatic rings. The number of hydrogen-bond acceptors (Lipinski definition) is 3. The Kier molecular flexibility index (Phi) is 4.37. The predicted molar refractivity (Wildman–Crippen MR) is 105 cm³/mol. The van der Waals surface area contributed by atoms with Crippen LogP contribution in [0.5, 0.6) is 0 Å². The van der Waals surface area contributed by atoms with Crippen LogP contribution >= 0.6 is 12.4 Å². The van der Waals surface area contributed by atoms with E-state index in [1.54, 1.807) is 6.33 Å². The first kappa shape index (κ1) is 17.6. The summed E-state index contributed by atoms with van der Waals surface area (Å²) in [6.45, 7) is 0.792. The van der Waals surface area contributed by atoms with Crippen LogP contribution in [-0.2, 0) is 6.42 Å². The van der Waals surface area contributed by atoms with E-state index in [1.807, 2.05) is 35.2 Å². The smallest absolute Gasteiger partial charge is 0.254 e. The lowest BCUT2D eigenvalue weighted by molar-refractivity contribution is 0.0595. The first-order chi connectivity index (χ1) is 12.7. The fourth-order valence-corrected chi connectivity index (χ4v) is 4.58. The Hall–Kier alpha value is -2.84. The number of amides is 1. The molecule has 5 nitrogen and oxygen atoms in total. The second kappa shape index (κ2) is 6.71. The highest BCUT2D eigenvalue weighted by molar-refractivity contribution is 5.97. The van der Waals surface area contributed by atoms with E-state index in [-0.39, 0.29) is 24.4 Å². The molecule has 1 fully saturated rings.